The summed E-state index contributed by atoms with van der Waals surface area (Å²) in [7, 11) is 4.63. The van der Waals surface area contributed by atoms with Gasteiger partial charge in [0.15, 0.2) is 0 Å². The number of benzene rings is 2. The predicted molar refractivity (Wildman–Crippen MR) is 112 cm³/mol. The highest BCUT2D eigenvalue weighted by Gasteiger charge is 2.48. The second-order valence-electron chi connectivity index (χ2n) is 8.06. The van der Waals surface area contributed by atoms with Gasteiger partial charge in [-0.15, -0.1) is 0 Å². The molecule has 30 heavy (non-hydrogen) atoms. The largest absolute Gasteiger partial charge is 0.496 e. The summed E-state index contributed by atoms with van der Waals surface area (Å²) in [6, 6.07) is 9.19. The molecule has 7 heteroatoms. The van der Waals surface area contributed by atoms with Crippen LogP contribution in [-0.4, -0.2) is 43.6 Å². The summed E-state index contributed by atoms with van der Waals surface area (Å²) in [5.74, 6) is -2.12. The van der Waals surface area contributed by atoms with Crippen LogP contribution in [-0.2, 0) is 14.4 Å². The molecule has 1 aliphatic carbocycles. The Labute approximate surface area is 179 Å². The van der Waals surface area contributed by atoms with Gasteiger partial charge in [-0.05, 0) is 42.3 Å². The standard InChI is InChI=1S/C23H23ClFNO4/c1-23(22(29)26(2)3)11-17(27)21(18(28)12-23)20-16(24)9-14(10-19(20)30-4)13-5-7-15(25)8-6-13/h5-10,21H,11-12H2,1-4H3. The van der Waals surface area contributed by atoms with Crippen molar-refractivity contribution in [2.75, 3.05) is 21.2 Å². The molecule has 3 rings (SSSR count). The number of carbonyl (C=O) groups is 3. The van der Waals surface area contributed by atoms with E-state index in [1.165, 1.54) is 24.1 Å². The van der Waals surface area contributed by atoms with Gasteiger partial charge in [-0.3, -0.25) is 14.4 Å². The zero-order chi connectivity index (χ0) is 22.2. The average Bonchev–Trinajstić information content (AvgIpc) is 2.68. The second-order valence-corrected chi connectivity index (χ2v) is 8.47. The number of ether oxygens (including phenoxy) is 1. The Morgan fingerprint density at radius 1 is 1.10 bits per heavy atom. The molecule has 0 saturated heterocycles. The minimum Gasteiger partial charge on any atom is -0.496 e. The number of halogens is 2. The van der Waals surface area contributed by atoms with Crippen molar-refractivity contribution < 1.29 is 23.5 Å². The molecular formula is C23H23ClFNO4. The van der Waals surface area contributed by atoms with Crippen LogP contribution in [0.2, 0.25) is 5.02 Å². The molecule has 0 aromatic heterocycles. The van der Waals surface area contributed by atoms with Gasteiger partial charge in [0, 0.05) is 37.5 Å². The molecule has 0 aliphatic heterocycles. The molecule has 0 heterocycles. The Bertz CT molecular complexity index is 999. The quantitative estimate of drug-likeness (QED) is 0.678. The summed E-state index contributed by atoms with van der Waals surface area (Å²) in [6.45, 7) is 1.64. The number of ketones is 2. The van der Waals surface area contributed by atoms with E-state index in [9.17, 15) is 18.8 Å². The molecule has 0 bridgehead atoms. The molecule has 158 valence electrons. The lowest BCUT2D eigenvalue weighted by atomic mass is 9.67. The summed E-state index contributed by atoms with van der Waals surface area (Å²) in [5, 5.41) is 0.211. The Morgan fingerprint density at radius 3 is 2.17 bits per heavy atom. The number of amides is 1. The van der Waals surface area contributed by atoms with Gasteiger partial charge in [-0.2, -0.15) is 0 Å². The van der Waals surface area contributed by atoms with Gasteiger partial charge in [0.05, 0.1) is 12.5 Å². The molecule has 1 saturated carbocycles. The van der Waals surface area contributed by atoms with Gasteiger partial charge in [0.1, 0.15) is 29.1 Å². The SMILES string of the molecule is COc1cc(-c2ccc(F)cc2)cc(Cl)c1C1C(=O)CC(C)(C(=O)N(C)C)CC1=O. The Morgan fingerprint density at radius 2 is 1.67 bits per heavy atom. The molecule has 0 atom stereocenters. The fourth-order valence-corrected chi connectivity index (χ4v) is 4.40. The number of hydrogen-bond donors (Lipinski definition) is 0. The van der Waals surface area contributed by atoms with E-state index in [0.717, 1.165) is 0 Å². The molecule has 1 amide bonds. The van der Waals surface area contributed by atoms with E-state index in [-0.39, 0.29) is 41.2 Å². The van der Waals surface area contributed by atoms with Gasteiger partial charge < -0.3 is 9.64 Å². The molecule has 0 spiro atoms. The van der Waals surface area contributed by atoms with E-state index in [1.54, 1.807) is 45.3 Å². The second kappa shape index (κ2) is 8.19. The Hall–Kier alpha value is -2.73. The first-order chi connectivity index (χ1) is 14.1. The summed E-state index contributed by atoms with van der Waals surface area (Å²) in [6.07, 6.45) is -0.112. The van der Waals surface area contributed by atoms with Crippen molar-refractivity contribution in [2.24, 2.45) is 5.41 Å². The smallest absolute Gasteiger partial charge is 0.228 e. The first-order valence-corrected chi connectivity index (χ1v) is 9.86. The molecule has 1 fully saturated rings. The lowest BCUT2D eigenvalue weighted by molar-refractivity contribution is -0.149. The van der Waals surface area contributed by atoms with Crippen molar-refractivity contribution in [3.05, 3.63) is 52.8 Å². The molecular weight excluding hydrogens is 409 g/mol. The summed E-state index contributed by atoms with van der Waals surface area (Å²) < 4.78 is 18.7. The highest BCUT2D eigenvalue weighted by molar-refractivity contribution is 6.33. The van der Waals surface area contributed by atoms with Crippen molar-refractivity contribution in [3.8, 4) is 16.9 Å². The van der Waals surface area contributed by atoms with E-state index < -0.39 is 11.3 Å². The molecule has 1 aliphatic rings. The maximum atomic E-state index is 13.2. The van der Waals surface area contributed by atoms with Crippen LogP contribution in [0.15, 0.2) is 36.4 Å². The molecule has 0 unspecified atom stereocenters. The summed E-state index contributed by atoms with van der Waals surface area (Å²) >= 11 is 6.51. The first kappa shape index (κ1) is 22.0. The van der Waals surface area contributed by atoms with Crippen LogP contribution in [0.3, 0.4) is 0 Å². The normalized spacial score (nSPS) is 21.5. The highest BCUT2D eigenvalue weighted by atomic mass is 35.5. The third-order valence-electron chi connectivity index (χ3n) is 5.47. The molecule has 5 nitrogen and oxygen atoms in total. The number of rotatable bonds is 4. The van der Waals surface area contributed by atoms with Crippen molar-refractivity contribution in [1.29, 1.82) is 0 Å². The van der Waals surface area contributed by atoms with E-state index >= 15 is 0 Å². The van der Waals surface area contributed by atoms with E-state index in [0.29, 0.717) is 22.4 Å². The number of methoxy groups -OCH3 is 1. The maximum Gasteiger partial charge on any atom is 0.228 e. The van der Waals surface area contributed by atoms with Gasteiger partial charge in [-0.1, -0.05) is 23.7 Å². The van der Waals surface area contributed by atoms with Crippen LogP contribution >= 0.6 is 11.6 Å². The van der Waals surface area contributed by atoms with Gasteiger partial charge in [0.25, 0.3) is 0 Å². The van der Waals surface area contributed by atoms with Crippen LogP contribution in [0.5, 0.6) is 5.75 Å². The molecule has 0 radical (unpaired) electrons. The van der Waals surface area contributed by atoms with E-state index in [4.69, 9.17) is 16.3 Å². The number of carbonyl (C=O) groups excluding carboxylic acids is 3. The lowest BCUT2D eigenvalue weighted by Gasteiger charge is -2.36. The zero-order valence-electron chi connectivity index (χ0n) is 17.3. The van der Waals surface area contributed by atoms with Crippen LogP contribution in [0.4, 0.5) is 4.39 Å². The fourth-order valence-electron chi connectivity index (χ4n) is 4.08. The first-order valence-electron chi connectivity index (χ1n) is 9.48. The van der Waals surface area contributed by atoms with Gasteiger partial charge >= 0.3 is 0 Å². The molecule has 0 N–H and O–H groups in total. The third-order valence-corrected chi connectivity index (χ3v) is 5.79. The third kappa shape index (κ3) is 3.97. The van der Waals surface area contributed by atoms with Crippen molar-refractivity contribution in [3.63, 3.8) is 0 Å². The summed E-state index contributed by atoms with van der Waals surface area (Å²) in [5.41, 5.74) is 0.624. The molecule has 2 aromatic rings. The van der Waals surface area contributed by atoms with Crippen LogP contribution < -0.4 is 4.74 Å². The number of Topliss-reactive ketones (excluding diaryl/α,β-unsaturated/α-hetero) is 2. The predicted octanol–water partition coefficient (Wildman–Crippen LogP) is 4.26. The maximum absolute atomic E-state index is 13.2. The number of nitrogens with zero attached hydrogens (tertiary/aromatic N) is 1. The van der Waals surface area contributed by atoms with Crippen molar-refractivity contribution in [2.45, 2.75) is 25.7 Å². The minimum absolute atomic E-state index is 0.0559. The Kier molecular flexibility index (Phi) is 5.99. The number of hydrogen-bond acceptors (Lipinski definition) is 4. The fraction of sp³-hybridized carbons (Fsp3) is 0.348. The monoisotopic (exact) mass is 431 g/mol. The Balaban J connectivity index is 2.01. The average molecular weight is 432 g/mol. The van der Waals surface area contributed by atoms with Crippen LogP contribution in [0.25, 0.3) is 11.1 Å². The zero-order valence-corrected chi connectivity index (χ0v) is 18.0. The van der Waals surface area contributed by atoms with E-state index in [1.807, 2.05) is 0 Å². The van der Waals surface area contributed by atoms with Gasteiger partial charge in [0.2, 0.25) is 5.91 Å². The van der Waals surface area contributed by atoms with Crippen LogP contribution in [0, 0.1) is 11.2 Å². The van der Waals surface area contributed by atoms with E-state index in [2.05, 4.69) is 0 Å². The minimum atomic E-state index is -1.09. The van der Waals surface area contributed by atoms with Crippen molar-refractivity contribution >= 4 is 29.1 Å². The topological polar surface area (TPSA) is 63.7 Å². The van der Waals surface area contributed by atoms with Gasteiger partial charge in [-0.25, -0.2) is 4.39 Å². The molecule has 2 aromatic carbocycles. The van der Waals surface area contributed by atoms with Crippen molar-refractivity contribution in [1.82, 2.24) is 4.90 Å². The summed E-state index contributed by atoms with van der Waals surface area (Å²) in [4.78, 5) is 39.9. The van der Waals surface area contributed by atoms with Crippen LogP contribution in [0.1, 0.15) is 31.2 Å². The highest BCUT2D eigenvalue weighted by Crippen LogP contribution is 2.45. The lowest BCUT2D eigenvalue weighted by Crippen LogP contribution is -2.46.